The van der Waals surface area contributed by atoms with Crippen molar-refractivity contribution in [1.82, 2.24) is 0 Å². The quantitative estimate of drug-likeness (QED) is 0.517. The van der Waals surface area contributed by atoms with Crippen LogP contribution in [0.4, 0.5) is 0 Å². The number of aliphatic hydroxyl groups excluding tert-OH is 2. The van der Waals surface area contributed by atoms with E-state index in [0.717, 1.165) is 32.1 Å². The van der Waals surface area contributed by atoms with Crippen molar-refractivity contribution in [2.45, 2.75) is 110 Å². The van der Waals surface area contributed by atoms with Crippen LogP contribution >= 0.6 is 0 Å². The lowest BCUT2D eigenvalue weighted by molar-refractivity contribution is -0.0554. The summed E-state index contributed by atoms with van der Waals surface area (Å²) in [5.74, 6) is 1.45. The van der Waals surface area contributed by atoms with E-state index < -0.39 is 17.8 Å². The maximum atomic E-state index is 10.3. The summed E-state index contributed by atoms with van der Waals surface area (Å²) in [5, 5.41) is 30.5. The Balaban J connectivity index is 1.80. The molecule has 0 saturated heterocycles. The molecule has 0 radical (unpaired) electrons. The Labute approximate surface area is 188 Å². The lowest BCUT2D eigenvalue weighted by atomic mass is 9.60. The molecule has 0 aliphatic heterocycles. The van der Waals surface area contributed by atoms with Crippen LogP contribution in [0.25, 0.3) is 0 Å². The van der Waals surface area contributed by atoms with Crippen molar-refractivity contribution in [2.24, 2.45) is 23.2 Å². The third-order valence-corrected chi connectivity index (χ3v) is 8.40. The second-order valence-corrected chi connectivity index (χ2v) is 11.0. The SMILES string of the molecule is [2H]C([2H])=C1CC[C@H](O)C/C1=C([2H])\C=C1/CCC[C@]2(C)[C@@H]([C@H](C)CC[C@@H](O)C(C)(C)O)CC[C@@H]12. The third-order valence-electron chi connectivity index (χ3n) is 8.40. The average molecular weight is 420 g/mol. The van der Waals surface area contributed by atoms with Crippen LogP contribution in [0.5, 0.6) is 0 Å². The highest BCUT2D eigenvalue weighted by Gasteiger charge is 2.50. The van der Waals surface area contributed by atoms with Crippen LogP contribution in [0.15, 0.2) is 35.4 Å². The number of allylic oxidation sites excluding steroid dienone is 4. The Morgan fingerprint density at radius 3 is 2.77 bits per heavy atom. The zero-order chi connectivity index (χ0) is 24.6. The number of hydrogen-bond donors (Lipinski definition) is 3. The van der Waals surface area contributed by atoms with Crippen LogP contribution in [0.3, 0.4) is 0 Å². The normalized spacial score (nSPS) is 39.0. The maximum Gasteiger partial charge on any atom is 0.0849 e. The van der Waals surface area contributed by atoms with Crippen LogP contribution in [-0.4, -0.2) is 33.1 Å². The summed E-state index contributed by atoms with van der Waals surface area (Å²) in [7, 11) is 0. The van der Waals surface area contributed by atoms with Gasteiger partial charge in [-0.25, -0.2) is 0 Å². The summed E-state index contributed by atoms with van der Waals surface area (Å²) < 4.78 is 24.4. The van der Waals surface area contributed by atoms with Gasteiger partial charge < -0.3 is 15.3 Å². The van der Waals surface area contributed by atoms with Crippen LogP contribution < -0.4 is 0 Å². The minimum atomic E-state index is -1.07. The van der Waals surface area contributed by atoms with E-state index in [9.17, 15) is 15.3 Å². The molecule has 0 spiro atoms. The molecule has 170 valence electrons. The molecule has 0 heterocycles. The number of aliphatic hydroxyl groups is 3. The van der Waals surface area contributed by atoms with Gasteiger partial charge in [0.05, 0.1) is 21.9 Å². The highest BCUT2D eigenvalue weighted by Crippen LogP contribution is 2.60. The smallest absolute Gasteiger partial charge is 0.0849 e. The molecule has 3 saturated carbocycles. The van der Waals surface area contributed by atoms with Crippen molar-refractivity contribution in [2.75, 3.05) is 0 Å². The summed E-state index contributed by atoms with van der Waals surface area (Å²) in [6.45, 7) is 7.80. The maximum absolute atomic E-state index is 10.3. The van der Waals surface area contributed by atoms with E-state index in [4.69, 9.17) is 4.11 Å². The molecule has 3 aliphatic rings. The average Bonchev–Trinajstić information content (AvgIpc) is 3.08. The second-order valence-electron chi connectivity index (χ2n) is 11.0. The largest absolute Gasteiger partial charge is 0.393 e. The molecule has 0 aromatic rings. The van der Waals surface area contributed by atoms with Gasteiger partial charge in [0.15, 0.2) is 0 Å². The number of rotatable bonds is 6. The fourth-order valence-corrected chi connectivity index (χ4v) is 6.41. The molecule has 6 atom stereocenters. The van der Waals surface area contributed by atoms with Crippen molar-refractivity contribution in [3.05, 3.63) is 35.4 Å². The monoisotopic (exact) mass is 419 g/mol. The summed E-state index contributed by atoms with van der Waals surface area (Å²) in [4.78, 5) is 0. The molecule has 3 rings (SSSR count). The molecule has 30 heavy (non-hydrogen) atoms. The molecule has 0 aromatic heterocycles. The van der Waals surface area contributed by atoms with Gasteiger partial charge in [-0.2, -0.15) is 0 Å². The van der Waals surface area contributed by atoms with E-state index in [1.807, 2.05) is 6.08 Å². The molecule has 0 aromatic carbocycles. The van der Waals surface area contributed by atoms with E-state index >= 15 is 0 Å². The van der Waals surface area contributed by atoms with Crippen molar-refractivity contribution < 1.29 is 19.4 Å². The molecule has 3 heteroatoms. The summed E-state index contributed by atoms with van der Waals surface area (Å²) in [5.41, 5.74) is 1.72. The van der Waals surface area contributed by atoms with Crippen LogP contribution in [-0.2, 0) is 0 Å². The predicted molar refractivity (Wildman–Crippen MR) is 124 cm³/mol. The Bertz CT molecular complexity index is 806. The summed E-state index contributed by atoms with van der Waals surface area (Å²) in [6.07, 6.45) is 9.26. The first kappa shape index (κ1) is 19.8. The Morgan fingerprint density at radius 2 is 2.07 bits per heavy atom. The zero-order valence-corrected chi connectivity index (χ0v) is 19.4. The Morgan fingerprint density at radius 1 is 1.30 bits per heavy atom. The minimum Gasteiger partial charge on any atom is -0.393 e. The molecule has 0 amide bonds. The highest BCUT2D eigenvalue weighted by molar-refractivity contribution is 5.36. The van der Waals surface area contributed by atoms with Crippen LogP contribution in [0.2, 0.25) is 0 Å². The first-order valence-corrected chi connectivity index (χ1v) is 12.0. The van der Waals surface area contributed by atoms with E-state index in [1.165, 1.54) is 12.0 Å². The lowest BCUT2D eigenvalue weighted by Gasteiger charge is -2.44. The van der Waals surface area contributed by atoms with Gasteiger partial charge in [-0.05, 0) is 107 Å². The Kier molecular flexibility index (Phi) is 6.13. The number of hydrogen-bond acceptors (Lipinski definition) is 3. The molecule has 3 N–H and O–H groups in total. The molecule has 0 bridgehead atoms. The number of fused-ring (bicyclic) bond motifs is 1. The van der Waals surface area contributed by atoms with Gasteiger partial charge in [-0.3, -0.25) is 0 Å². The Hall–Kier alpha value is -0.900. The predicted octanol–water partition coefficient (Wildman–Crippen LogP) is 5.70. The van der Waals surface area contributed by atoms with Gasteiger partial charge in [-0.15, -0.1) is 0 Å². The minimum absolute atomic E-state index is 0.175. The van der Waals surface area contributed by atoms with Crippen molar-refractivity contribution in [1.29, 1.82) is 0 Å². The topological polar surface area (TPSA) is 60.7 Å². The molecular weight excluding hydrogens is 372 g/mol. The molecule has 0 unspecified atom stereocenters. The molecule has 3 fully saturated rings. The molecular formula is C27H44O3. The van der Waals surface area contributed by atoms with Crippen molar-refractivity contribution in [3.63, 3.8) is 0 Å². The lowest BCUT2D eigenvalue weighted by Crippen LogP contribution is -2.38. The first-order valence-electron chi connectivity index (χ1n) is 13.5. The fraction of sp³-hybridized carbons (Fsp3) is 0.778. The standard InChI is InChI=1S/C27H44O3/c1-18-8-12-22(28)17-21(18)11-10-20-7-6-16-27(5)23(13-14-24(20)27)19(2)9-15-25(29)26(3,4)30/h10-11,19,22-25,28-30H,1,6-9,12-17H2,2-5H3/b20-10+,21-11+/t19-,22+,23-,24+,25-,27-/m1/s1/i1D2,11D. The van der Waals surface area contributed by atoms with Gasteiger partial charge in [-0.1, -0.05) is 43.7 Å². The molecule has 3 aliphatic carbocycles. The second kappa shape index (κ2) is 9.30. The fourth-order valence-electron chi connectivity index (χ4n) is 6.41. The third kappa shape index (κ3) is 5.11. The van der Waals surface area contributed by atoms with E-state index in [1.54, 1.807) is 13.8 Å². The summed E-state index contributed by atoms with van der Waals surface area (Å²) in [6, 6.07) is 0.379. The van der Waals surface area contributed by atoms with Crippen LogP contribution in [0.1, 0.15) is 96.0 Å². The first-order chi connectivity index (χ1) is 15.3. The van der Waals surface area contributed by atoms with Gasteiger partial charge >= 0.3 is 0 Å². The highest BCUT2D eigenvalue weighted by atomic mass is 16.3. The van der Waals surface area contributed by atoms with E-state index in [-0.39, 0.29) is 11.9 Å². The van der Waals surface area contributed by atoms with Gasteiger partial charge in [0.25, 0.3) is 0 Å². The van der Waals surface area contributed by atoms with Crippen molar-refractivity contribution in [3.8, 4) is 0 Å². The van der Waals surface area contributed by atoms with Gasteiger partial charge in [0, 0.05) is 0 Å². The van der Waals surface area contributed by atoms with E-state index in [0.29, 0.717) is 60.6 Å². The zero-order valence-electron chi connectivity index (χ0n) is 22.4. The van der Waals surface area contributed by atoms with Crippen LogP contribution in [0, 0.1) is 23.2 Å². The van der Waals surface area contributed by atoms with Gasteiger partial charge in [0.2, 0.25) is 0 Å². The van der Waals surface area contributed by atoms with E-state index in [2.05, 4.69) is 13.8 Å². The molecule has 3 nitrogen and oxygen atoms in total. The van der Waals surface area contributed by atoms with Gasteiger partial charge in [0.1, 0.15) is 0 Å². The summed E-state index contributed by atoms with van der Waals surface area (Å²) >= 11 is 0. The van der Waals surface area contributed by atoms with Crippen molar-refractivity contribution >= 4 is 0 Å².